The number of piperidine rings is 1. The summed E-state index contributed by atoms with van der Waals surface area (Å²) >= 11 is 1.69. The van der Waals surface area contributed by atoms with Crippen molar-refractivity contribution in [1.82, 2.24) is 15.2 Å². The van der Waals surface area contributed by atoms with Crippen LogP contribution in [0.25, 0.3) is 0 Å². The van der Waals surface area contributed by atoms with E-state index in [1.165, 1.54) is 5.56 Å². The highest BCUT2D eigenvalue weighted by Gasteiger charge is 2.24. The fourth-order valence-electron chi connectivity index (χ4n) is 3.22. The second-order valence-corrected chi connectivity index (χ2v) is 7.33. The molecule has 1 aliphatic rings. The number of nitrogens with one attached hydrogen (secondary N) is 1. The van der Waals surface area contributed by atoms with Gasteiger partial charge in [0.05, 0.1) is 6.04 Å². The van der Waals surface area contributed by atoms with Gasteiger partial charge in [0.15, 0.2) is 0 Å². The molecule has 5 heteroatoms. The molecule has 4 nitrogen and oxygen atoms in total. The van der Waals surface area contributed by atoms with Crippen LogP contribution < -0.4 is 5.32 Å². The van der Waals surface area contributed by atoms with Crippen LogP contribution in [0.1, 0.15) is 42.8 Å². The van der Waals surface area contributed by atoms with Gasteiger partial charge in [0.25, 0.3) is 0 Å². The van der Waals surface area contributed by atoms with Crippen molar-refractivity contribution in [2.24, 2.45) is 0 Å². The number of hydrogen-bond acceptors (Lipinski definition) is 4. The van der Waals surface area contributed by atoms with Crippen molar-refractivity contribution >= 4 is 17.2 Å². The first-order valence-electron chi connectivity index (χ1n) is 8.69. The van der Waals surface area contributed by atoms with Crippen molar-refractivity contribution in [3.05, 3.63) is 52.5 Å². The van der Waals surface area contributed by atoms with Crippen LogP contribution in [0.5, 0.6) is 0 Å². The Balaban J connectivity index is 1.40. The molecule has 0 spiro atoms. The van der Waals surface area contributed by atoms with E-state index >= 15 is 0 Å². The second-order valence-electron chi connectivity index (χ2n) is 6.40. The van der Waals surface area contributed by atoms with Gasteiger partial charge in [0.2, 0.25) is 5.91 Å². The minimum Gasteiger partial charge on any atom is -0.343 e. The first kappa shape index (κ1) is 17.1. The number of nitrogens with zero attached hydrogens (tertiary/aromatic N) is 2. The van der Waals surface area contributed by atoms with E-state index < -0.39 is 0 Å². The quantitative estimate of drug-likeness (QED) is 0.874. The fraction of sp³-hybridized carbons (Fsp3) is 0.474. The van der Waals surface area contributed by atoms with Gasteiger partial charge in [0.1, 0.15) is 5.01 Å². The van der Waals surface area contributed by atoms with Crippen LogP contribution in [0.3, 0.4) is 0 Å². The van der Waals surface area contributed by atoms with E-state index in [4.69, 9.17) is 0 Å². The maximum Gasteiger partial charge on any atom is 0.222 e. The molecule has 1 N–H and O–H groups in total. The zero-order valence-corrected chi connectivity index (χ0v) is 15.0. The van der Waals surface area contributed by atoms with E-state index in [1.54, 1.807) is 11.3 Å². The summed E-state index contributed by atoms with van der Waals surface area (Å²) in [6.45, 7) is 3.88. The molecule has 0 aliphatic carbocycles. The number of carbonyl (C=O) groups excluding carboxylic acids is 1. The average molecular weight is 343 g/mol. The predicted octanol–water partition coefficient (Wildman–Crippen LogP) is 3.42. The second kappa shape index (κ2) is 8.40. The number of aromatic nitrogens is 1. The Kier molecular flexibility index (Phi) is 5.99. The molecule has 2 heterocycles. The molecule has 1 saturated heterocycles. The lowest BCUT2D eigenvalue weighted by molar-refractivity contribution is -0.132. The number of likely N-dealkylation sites (tertiary alicyclic amines) is 1. The Morgan fingerprint density at radius 3 is 2.75 bits per heavy atom. The fourth-order valence-corrected chi connectivity index (χ4v) is 3.88. The van der Waals surface area contributed by atoms with Gasteiger partial charge in [-0.15, -0.1) is 11.3 Å². The number of carbonyl (C=O) groups is 1. The number of rotatable bonds is 6. The molecule has 3 rings (SSSR count). The van der Waals surface area contributed by atoms with Gasteiger partial charge < -0.3 is 10.2 Å². The lowest BCUT2D eigenvalue weighted by Crippen LogP contribution is -2.45. The summed E-state index contributed by atoms with van der Waals surface area (Å²) in [6.07, 6.45) is 5.34. The molecule has 24 heavy (non-hydrogen) atoms. The summed E-state index contributed by atoms with van der Waals surface area (Å²) in [7, 11) is 0. The zero-order valence-electron chi connectivity index (χ0n) is 14.1. The lowest BCUT2D eigenvalue weighted by Gasteiger charge is -2.33. The summed E-state index contributed by atoms with van der Waals surface area (Å²) in [5.74, 6) is 0.283. The largest absolute Gasteiger partial charge is 0.343 e. The third-order valence-electron chi connectivity index (χ3n) is 4.63. The Morgan fingerprint density at radius 1 is 1.33 bits per heavy atom. The number of aryl methyl sites for hydroxylation is 1. The van der Waals surface area contributed by atoms with Crippen molar-refractivity contribution in [2.75, 3.05) is 13.1 Å². The predicted molar refractivity (Wildman–Crippen MR) is 98.0 cm³/mol. The number of benzene rings is 1. The van der Waals surface area contributed by atoms with E-state index in [0.29, 0.717) is 12.5 Å². The van der Waals surface area contributed by atoms with Crippen LogP contribution in [-0.4, -0.2) is 34.9 Å². The van der Waals surface area contributed by atoms with Gasteiger partial charge in [-0.3, -0.25) is 4.79 Å². The topological polar surface area (TPSA) is 45.2 Å². The van der Waals surface area contributed by atoms with Crippen LogP contribution in [0, 0.1) is 0 Å². The van der Waals surface area contributed by atoms with E-state index in [-0.39, 0.29) is 11.9 Å². The van der Waals surface area contributed by atoms with E-state index in [2.05, 4.69) is 29.4 Å². The molecule has 1 aromatic carbocycles. The maximum atomic E-state index is 12.4. The maximum absolute atomic E-state index is 12.4. The standard InChI is InChI=1S/C19H25N3OS/c1-15(19-20-11-14-24-19)21-17-9-12-22(13-10-17)18(23)8-7-16-5-3-2-4-6-16/h2-6,11,14-15,17,21H,7-10,12-13H2,1H3. The van der Waals surface area contributed by atoms with Crippen molar-refractivity contribution in [2.45, 2.75) is 44.7 Å². The number of thiazole rings is 1. The summed E-state index contributed by atoms with van der Waals surface area (Å²) < 4.78 is 0. The van der Waals surface area contributed by atoms with Gasteiger partial charge in [0, 0.05) is 37.1 Å². The zero-order chi connectivity index (χ0) is 16.8. The highest BCUT2D eigenvalue weighted by atomic mass is 32.1. The molecule has 1 aliphatic heterocycles. The van der Waals surface area contributed by atoms with Crippen LogP contribution in [-0.2, 0) is 11.2 Å². The van der Waals surface area contributed by atoms with Gasteiger partial charge in [-0.2, -0.15) is 0 Å². The van der Waals surface area contributed by atoms with Crippen LogP contribution in [0.15, 0.2) is 41.9 Å². The molecule has 0 saturated carbocycles. The van der Waals surface area contributed by atoms with Gasteiger partial charge in [-0.25, -0.2) is 4.98 Å². The smallest absolute Gasteiger partial charge is 0.222 e. The normalized spacial score (nSPS) is 17.0. The highest BCUT2D eigenvalue weighted by Crippen LogP contribution is 2.19. The summed E-state index contributed by atoms with van der Waals surface area (Å²) in [5, 5.41) is 6.80. The number of hydrogen-bond donors (Lipinski definition) is 1. The van der Waals surface area contributed by atoms with Crippen LogP contribution in [0.4, 0.5) is 0 Å². The molecule has 0 bridgehead atoms. The van der Waals surface area contributed by atoms with Crippen molar-refractivity contribution < 1.29 is 4.79 Å². The Hall–Kier alpha value is -1.72. The molecule has 2 aromatic rings. The molecule has 1 aromatic heterocycles. The summed E-state index contributed by atoms with van der Waals surface area (Å²) in [4.78, 5) is 18.8. The van der Waals surface area contributed by atoms with Crippen molar-refractivity contribution in [1.29, 1.82) is 0 Å². The lowest BCUT2D eigenvalue weighted by atomic mass is 10.0. The minimum atomic E-state index is 0.283. The van der Waals surface area contributed by atoms with Crippen molar-refractivity contribution in [3.8, 4) is 0 Å². The first-order chi connectivity index (χ1) is 11.7. The molecule has 128 valence electrons. The molecule has 0 radical (unpaired) electrons. The average Bonchev–Trinajstić information content (AvgIpc) is 3.16. The van der Waals surface area contributed by atoms with Gasteiger partial charge in [-0.05, 0) is 31.7 Å². The van der Waals surface area contributed by atoms with Crippen LogP contribution >= 0.6 is 11.3 Å². The minimum absolute atomic E-state index is 0.283. The molecule has 1 fully saturated rings. The molecular weight excluding hydrogens is 318 g/mol. The summed E-state index contributed by atoms with van der Waals surface area (Å²) in [5.41, 5.74) is 1.24. The van der Waals surface area contributed by atoms with E-state index in [0.717, 1.165) is 37.4 Å². The third-order valence-corrected chi connectivity index (χ3v) is 5.58. The third kappa shape index (κ3) is 4.65. The Morgan fingerprint density at radius 2 is 2.08 bits per heavy atom. The molecular formula is C19H25N3OS. The molecule has 1 amide bonds. The van der Waals surface area contributed by atoms with E-state index in [9.17, 15) is 4.79 Å². The van der Waals surface area contributed by atoms with Crippen LogP contribution in [0.2, 0.25) is 0 Å². The SMILES string of the molecule is CC(NC1CCN(C(=O)CCc2ccccc2)CC1)c1nccs1. The van der Waals surface area contributed by atoms with Gasteiger partial charge in [-0.1, -0.05) is 30.3 Å². The Labute approximate surface area is 147 Å². The first-order valence-corrected chi connectivity index (χ1v) is 9.57. The van der Waals surface area contributed by atoms with Gasteiger partial charge >= 0.3 is 0 Å². The number of amides is 1. The Bertz CT molecular complexity index is 621. The van der Waals surface area contributed by atoms with Crippen molar-refractivity contribution in [3.63, 3.8) is 0 Å². The molecule has 1 unspecified atom stereocenters. The monoisotopic (exact) mass is 343 g/mol. The molecule has 1 atom stereocenters. The highest BCUT2D eigenvalue weighted by molar-refractivity contribution is 7.09. The van der Waals surface area contributed by atoms with E-state index in [1.807, 2.05) is 34.7 Å². The summed E-state index contributed by atoms with van der Waals surface area (Å²) in [6, 6.07) is 11.0.